The summed E-state index contributed by atoms with van der Waals surface area (Å²) in [6, 6.07) is 6.07. The van der Waals surface area contributed by atoms with Gasteiger partial charge in [0.1, 0.15) is 11.8 Å². The summed E-state index contributed by atoms with van der Waals surface area (Å²) in [5.41, 5.74) is 0.457. The average Bonchev–Trinajstić information content (AvgIpc) is 2.69. The van der Waals surface area contributed by atoms with Gasteiger partial charge in [-0.3, -0.25) is 9.59 Å². The van der Waals surface area contributed by atoms with Crippen LogP contribution in [0.5, 0.6) is 5.75 Å². The molecule has 2 amide bonds. The van der Waals surface area contributed by atoms with Gasteiger partial charge in [0.05, 0.1) is 13.4 Å². The predicted molar refractivity (Wildman–Crippen MR) is 111 cm³/mol. The van der Waals surface area contributed by atoms with Crippen molar-refractivity contribution in [1.82, 2.24) is 14.9 Å². The molecular weight excluding hydrogens is 394 g/mol. The Balaban J connectivity index is 2.03. The lowest BCUT2D eigenvalue weighted by Gasteiger charge is -2.36. The number of carbonyl (C=O) groups excluding carboxylic acids is 2. The van der Waals surface area contributed by atoms with Crippen LogP contribution in [0.2, 0.25) is 0 Å². The quantitative estimate of drug-likeness (QED) is 0.652. The Morgan fingerprint density at radius 3 is 2.45 bits per heavy atom. The molecule has 162 valence electrons. The van der Waals surface area contributed by atoms with Crippen LogP contribution < -0.4 is 14.8 Å². The monoisotopic (exact) mass is 425 g/mol. The van der Waals surface area contributed by atoms with Gasteiger partial charge in [-0.25, -0.2) is 13.1 Å². The Bertz CT molecular complexity index is 808. The van der Waals surface area contributed by atoms with Crippen LogP contribution in [0.3, 0.4) is 0 Å². The largest absolute Gasteiger partial charge is 0.497 e. The number of benzene rings is 1. The molecule has 8 nitrogen and oxygen atoms in total. The van der Waals surface area contributed by atoms with Gasteiger partial charge in [-0.1, -0.05) is 13.8 Å². The fourth-order valence-electron chi connectivity index (χ4n) is 3.38. The number of sulfonamides is 1. The highest BCUT2D eigenvalue weighted by atomic mass is 32.2. The highest BCUT2D eigenvalue weighted by molar-refractivity contribution is 7.88. The SMILES string of the molecule is COc1ccc(C(=O)NC(C(=O)N2CCCC(CNS(C)(=O)=O)C2)C(C)C)cc1. The standard InChI is InChI=1S/C20H31N3O5S/c1-14(2)18(22-19(24)16-7-9-17(28-3)10-8-16)20(25)23-11-5-6-15(13-23)12-21-29(4,26)27/h7-10,14-15,18,21H,5-6,11-13H2,1-4H3,(H,22,24). The molecule has 2 N–H and O–H groups in total. The van der Waals surface area contributed by atoms with Crippen molar-refractivity contribution in [3.8, 4) is 5.75 Å². The summed E-state index contributed by atoms with van der Waals surface area (Å²) >= 11 is 0. The maximum atomic E-state index is 13.1. The first-order valence-electron chi connectivity index (χ1n) is 9.79. The van der Waals surface area contributed by atoms with Crippen molar-refractivity contribution >= 4 is 21.8 Å². The number of rotatable bonds is 8. The number of piperidine rings is 1. The number of hydrogen-bond acceptors (Lipinski definition) is 5. The normalized spacial score (nSPS) is 18.4. The fourth-order valence-corrected chi connectivity index (χ4v) is 3.92. The minimum Gasteiger partial charge on any atom is -0.497 e. The van der Waals surface area contributed by atoms with Crippen molar-refractivity contribution in [3.05, 3.63) is 29.8 Å². The lowest BCUT2D eigenvalue weighted by molar-refractivity contribution is -0.136. The Morgan fingerprint density at radius 1 is 1.24 bits per heavy atom. The van der Waals surface area contributed by atoms with Crippen molar-refractivity contribution in [2.75, 3.05) is 33.0 Å². The molecule has 0 aromatic heterocycles. The first kappa shape index (κ1) is 23.2. The molecule has 1 aromatic carbocycles. The summed E-state index contributed by atoms with van der Waals surface area (Å²) in [6.07, 6.45) is 2.79. The summed E-state index contributed by atoms with van der Waals surface area (Å²) in [4.78, 5) is 27.5. The number of carbonyl (C=O) groups is 2. The molecule has 1 heterocycles. The van der Waals surface area contributed by atoms with E-state index < -0.39 is 16.1 Å². The van der Waals surface area contributed by atoms with Crippen LogP contribution in [0.15, 0.2) is 24.3 Å². The molecule has 29 heavy (non-hydrogen) atoms. The van der Waals surface area contributed by atoms with Crippen LogP contribution >= 0.6 is 0 Å². The Hall–Kier alpha value is -2.13. The van der Waals surface area contributed by atoms with E-state index in [0.717, 1.165) is 19.1 Å². The molecule has 1 aliphatic heterocycles. The zero-order valence-corrected chi connectivity index (χ0v) is 18.3. The van der Waals surface area contributed by atoms with Gasteiger partial charge in [0.15, 0.2) is 0 Å². The van der Waals surface area contributed by atoms with Crippen molar-refractivity contribution in [2.24, 2.45) is 11.8 Å². The van der Waals surface area contributed by atoms with E-state index in [1.165, 1.54) is 0 Å². The van der Waals surface area contributed by atoms with E-state index in [2.05, 4.69) is 10.0 Å². The van der Waals surface area contributed by atoms with E-state index in [0.29, 0.717) is 30.9 Å². The molecule has 0 saturated carbocycles. The maximum Gasteiger partial charge on any atom is 0.251 e. The Labute approximate surface area is 173 Å². The lowest BCUT2D eigenvalue weighted by atomic mass is 9.95. The first-order valence-corrected chi connectivity index (χ1v) is 11.7. The van der Waals surface area contributed by atoms with Crippen LogP contribution in [0.4, 0.5) is 0 Å². The summed E-state index contributed by atoms with van der Waals surface area (Å²) < 4.78 is 30.3. The molecule has 1 fully saturated rings. The van der Waals surface area contributed by atoms with E-state index in [9.17, 15) is 18.0 Å². The summed E-state index contributed by atoms with van der Waals surface area (Å²) in [6.45, 7) is 5.18. The minimum absolute atomic E-state index is 0.0625. The number of methoxy groups -OCH3 is 1. The van der Waals surface area contributed by atoms with E-state index in [1.54, 1.807) is 36.3 Å². The molecular formula is C20H31N3O5S. The number of nitrogens with zero attached hydrogens (tertiary/aromatic N) is 1. The molecule has 9 heteroatoms. The van der Waals surface area contributed by atoms with Crippen LogP contribution in [0.1, 0.15) is 37.0 Å². The fraction of sp³-hybridized carbons (Fsp3) is 0.600. The lowest BCUT2D eigenvalue weighted by Crippen LogP contribution is -2.54. The molecule has 2 atom stereocenters. The van der Waals surface area contributed by atoms with E-state index >= 15 is 0 Å². The zero-order chi connectivity index (χ0) is 21.6. The van der Waals surface area contributed by atoms with Gasteiger partial charge in [0, 0.05) is 25.2 Å². The second kappa shape index (κ2) is 10.1. The van der Waals surface area contributed by atoms with E-state index in [1.807, 2.05) is 13.8 Å². The molecule has 2 rings (SSSR count). The van der Waals surface area contributed by atoms with Crippen molar-refractivity contribution in [3.63, 3.8) is 0 Å². The van der Waals surface area contributed by atoms with Gasteiger partial charge in [-0.2, -0.15) is 0 Å². The number of hydrogen-bond donors (Lipinski definition) is 2. The third-order valence-corrected chi connectivity index (χ3v) is 5.73. The highest BCUT2D eigenvalue weighted by Gasteiger charge is 2.32. The summed E-state index contributed by atoms with van der Waals surface area (Å²) in [5.74, 6) is 0.185. The zero-order valence-electron chi connectivity index (χ0n) is 17.5. The highest BCUT2D eigenvalue weighted by Crippen LogP contribution is 2.19. The van der Waals surface area contributed by atoms with Crippen molar-refractivity contribution in [1.29, 1.82) is 0 Å². The van der Waals surface area contributed by atoms with Gasteiger partial charge in [0.2, 0.25) is 15.9 Å². The van der Waals surface area contributed by atoms with Crippen LogP contribution in [-0.4, -0.2) is 64.2 Å². The predicted octanol–water partition coefficient (Wildman–Crippen LogP) is 1.24. The van der Waals surface area contributed by atoms with Gasteiger partial charge < -0.3 is 15.0 Å². The number of likely N-dealkylation sites (tertiary alicyclic amines) is 1. The Morgan fingerprint density at radius 2 is 1.90 bits per heavy atom. The molecule has 0 radical (unpaired) electrons. The van der Waals surface area contributed by atoms with Crippen molar-refractivity contribution < 1.29 is 22.7 Å². The molecule has 0 spiro atoms. The van der Waals surface area contributed by atoms with Crippen molar-refractivity contribution in [2.45, 2.75) is 32.7 Å². The van der Waals surface area contributed by atoms with E-state index in [-0.39, 0.29) is 23.7 Å². The third kappa shape index (κ3) is 7.01. The Kier molecular flexibility index (Phi) is 8.04. The molecule has 0 aliphatic carbocycles. The molecule has 0 bridgehead atoms. The van der Waals surface area contributed by atoms with Gasteiger partial charge in [-0.05, 0) is 48.9 Å². The van der Waals surface area contributed by atoms with Crippen LogP contribution in [0.25, 0.3) is 0 Å². The third-order valence-electron chi connectivity index (χ3n) is 5.04. The smallest absolute Gasteiger partial charge is 0.251 e. The number of amides is 2. The van der Waals surface area contributed by atoms with Gasteiger partial charge in [-0.15, -0.1) is 0 Å². The summed E-state index contributed by atoms with van der Waals surface area (Å²) in [7, 11) is -1.71. The number of ether oxygens (including phenoxy) is 1. The van der Waals surface area contributed by atoms with Crippen LogP contribution in [-0.2, 0) is 14.8 Å². The number of nitrogens with one attached hydrogen (secondary N) is 2. The molecule has 2 unspecified atom stereocenters. The van der Waals surface area contributed by atoms with Gasteiger partial charge >= 0.3 is 0 Å². The van der Waals surface area contributed by atoms with Gasteiger partial charge in [0.25, 0.3) is 5.91 Å². The minimum atomic E-state index is -3.26. The second-order valence-electron chi connectivity index (χ2n) is 7.84. The first-order chi connectivity index (χ1) is 13.6. The van der Waals surface area contributed by atoms with E-state index in [4.69, 9.17) is 4.74 Å². The second-order valence-corrected chi connectivity index (χ2v) is 9.67. The molecule has 1 aliphatic rings. The summed E-state index contributed by atoms with van der Waals surface area (Å²) in [5, 5.41) is 2.86. The molecule has 1 saturated heterocycles. The maximum absolute atomic E-state index is 13.1. The average molecular weight is 426 g/mol. The molecule has 1 aromatic rings. The topological polar surface area (TPSA) is 105 Å². The van der Waals surface area contributed by atoms with Crippen LogP contribution in [0, 0.1) is 11.8 Å².